The Morgan fingerprint density at radius 1 is 1.19 bits per heavy atom. The SMILES string of the molecule is CC(C)N(CCC(=O)c1ccc(Br)s1)Cc1ccccc1. The molecule has 2 aromatic rings. The summed E-state index contributed by atoms with van der Waals surface area (Å²) in [6.45, 7) is 6.03. The van der Waals surface area contributed by atoms with Gasteiger partial charge in [0.15, 0.2) is 5.78 Å². The second-order valence-corrected chi connectivity index (χ2v) is 7.79. The van der Waals surface area contributed by atoms with Crippen LogP contribution in [0.2, 0.25) is 0 Å². The predicted octanol–water partition coefficient (Wildman–Crippen LogP) is 4.99. The summed E-state index contributed by atoms with van der Waals surface area (Å²) in [7, 11) is 0. The molecule has 0 N–H and O–H groups in total. The summed E-state index contributed by atoms with van der Waals surface area (Å²) in [6, 6.07) is 14.7. The first-order chi connectivity index (χ1) is 10.1. The molecule has 0 amide bonds. The lowest BCUT2D eigenvalue weighted by molar-refractivity contribution is 0.0956. The average Bonchev–Trinajstić information content (AvgIpc) is 2.90. The Bertz CT molecular complexity index is 579. The van der Waals surface area contributed by atoms with Gasteiger partial charge in [0, 0.05) is 25.6 Å². The topological polar surface area (TPSA) is 20.3 Å². The van der Waals surface area contributed by atoms with Crippen LogP contribution in [-0.2, 0) is 6.54 Å². The van der Waals surface area contributed by atoms with E-state index in [1.165, 1.54) is 16.9 Å². The van der Waals surface area contributed by atoms with Gasteiger partial charge in [-0.2, -0.15) is 0 Å². The van der Waals surface area contributed by atoms with Crippen molar-refractivity contribution in [3.8, 4) is 0 Å². The van der Waals surface area contributed by atoms with Gasteiger partial charge in [-0.15, -0.1) is 11.3 Å². The number of benzene rings is 1. The summed E-state index contributed by atoms with van der Waals surface area (Å²) in [4.78, 5) is 15.4. The summed E-state index contributed by atoms with van der Waals surface area (Å²) < 4.78 is 1.01. The molecule has 0 saturated carbocycles. The smallest absolute Gasteiger partial charge is 0.174 e. The van der Waals surface area contributed by atoms with Crippen molar-refractivity contribution < 1.29 is 4.79 Å². The number of thiophene rings is 1. The standard InChI is InChI=1S/C17H20BrNOS/c1-13(2)19(12-14-6-4-3-5-7-14)11-10-15(20)16-8-9-17(18)21-16/h3-9,13H,10-12H2,1-2H3. The molecule has 1 heterocycles. The summed E-state index contributed by atoms with van der Waals surface area (Å²) in [5.74, 6) is 0.226. The van der Waals surface area contributed by atoms with Crippen LogP contribution in [0, 0.1) is 0 Å². The van der Waals surface area contributed by atoms with Gasteiger partial charge in [0.05, 0.1) is 8.66 Å². The molecule has 0 bridgehead atoms. The number of hydrogen-bond acceptors (Lipinski definition) is 3. The molecule has 21 heavy (non-hydrogen) atoms. The van der Waals surface area contributed by atoms with Crippen molar-refractivity contribution in [1.82, 2.24) is 4.90 Å². The van der Waals surface area contributed by atoms with E-state index in [9.17, 15) is 4.79 Å². The van der Waals surface area contributed by atoms with Crippen LogP contribution < -0.4 is 0 Å². The van der Waals surface area contributed by atoms with Crippen molar-refractivity contribution in [2.75, 3.05) is 6.54 Å². The van der Waals surface area contributed by atoms with E-state index in [1.54, 1.807) is 0 Å². The van der Waals surface area contributed by atoms with Crippen molar-refractivity contribution in [3.05, 3.63) is 56.7 Å². The third-order valence-corrected chi connectivity index (χ3v) is 5.10. The van der Waals surface area contributed by atoms with Gasteiger partial charge in [0.1, 0.15) is 0 Å². The second-order valence-electron chi connectivity index (χ2n) is 5.33. The number of halogens is 1. The molecule has 4 heteroatoms. The third kappa shape index (κ3) is 5.06. The molecule has 0 spiro atoms. The molecule has 0 aliphatic heterocycles. The Hall–Kier alpha value is -0.970. The van der Waals surface area contributed by atoms with E-state index in [0.717, 1.165) is 21.8 Å². The molecule has 112 valence electrons. The minimum atomic E-state index is 0.226. The van der Waals surface area contributed by atoms with Gasteiger partial charge in [-0.3, -0.25) is 9.69 Å². The van der Waals surface area contributed by atoms with E-state index >= 15 is 0 Å². The summed E-state index contributed by atoms with van der Waals surface area (Å²) in [5, 5.41) is 0. The zero-order valence-electron chi connectivity index (χ0n) is 12.4. The van der Waals surface area contributed by atoms with E-state index in [0.29, 0.717) is 12.5 Å². The minimum Gasteiger partial charge on any atom is -0.296 e. The van der Waals surface area contributed by atoms with Gasteiger partial charge in [-0.1, -0.05) is 30.3 Å². The van der Waals surface area contributed by atoms with Crippen LogP contribution in [-0.4, -0.2) is 23.3 Å². The molecule has 0 unspecified atom stereocenters. The van der Waals surface area contributed by atoms with Gasteiger partial charge >= 0.3 is 0 Å². The van der Waals surface area contributed by atoms with Gasteiger partial charge in [0.2, 0.25) is 0 Å². The fourth-order valence-corrected chi connectivity index (χ4v) is 3.52. The number of nitrogens with zero attached hydrogens (tertiary/aromatic N) is 1. The quantitative estimate of drug-likeness (QED) is 0.643. The van der Waals surface area contributed by atoms with Crippen LogP contribution in [0.1, 0.15) is 35.5 Å². The molecule has 1 aromatic carbocycles. The number of carbonyl (C=O) groups excluding carboxylic acids is 1. The molecule has 0 atom stereocenters. The van der Waals surface area contributed by atoms with Gasteiger partial charge in [-0.25, -0.2) is 0 Å². The van der Waals surface area contributed by atoms with Crippen LogP contribution in [0.15, 0.2) is 46.3 Å². The number of Topliss-reactive ketones (excluding diaryl/α,β-unsaturated/α-hetero) is 1. The zero-order valence-corrected chi connectivity index (χ0v) is 14.8. The first kappa shape index (κ1) is 16.4. The molecule has 0 fully saturated rings. The van der Waals surface area contributed by atoms with E-state index in [1.807, 2.05) is 18.2 Å². The van der Waals surface area contributed by atoms with Crippen LogP contribution >= 0.6 is 27.3 Å². The Labute approximate surface area is 138 Å². The Kier molecular flexibility index (Phi) is 6.15. The van der Waals surface area contributed by atoms with Gasteiger partial charge in [-0.05, 0) is 47.5 Å². The highest BCUT2D eigenvalue weighted by molar-refractivity contribution is 9.11. The molecule has 0 saturated heterocycles. The summed E-state index contributed by atoms with van der Waals surface area (Å²) in [6.07, 6.45) is 0.567. The van der Waals surface area contributed by atoms with Crippen molar-refractivity contribution in [2.45, 2.75) is 32.9 Å². The monoisotopic (exact) mass is 365 g/mol. The first-order valence-corrected chi connectivity index (χ1v) is 8.73. The highest BCUT2D eigenvalue weighted by Crippen LogP contribution is 2.23. The zero-order chi connectivity index (χ0) is 15.2. The predicted molar refractivity (Wildman–Crippen MR) is 93.0 cm³/mol. The van der Waals surface area contributed by atoms with Crippen molar-refractivity contribution >= 4 is 33.0 Å². The maximum absolute atomic E-state index is 12.2. The Morgan fingerprint density at radius 2 is 1.90 bits per heavy atom. The highest BCUT2D eigenvalue weighted by atomic mass is 79.9. The second kappa shape index (κ2) is 7.87. The molecular formula is C17H20BrNOS. The molecule has 0 aliphatic carbocycles. The Morgan fingerprint density at radius 3 is 2.48 bits per heavy atom. The number of ketones is 1. The van der Waals surface area contributed by atoms with Gasteiger partial charge < -0.3 is 0 Å². The highest BCUT2D eigenvalue weighted by Gasteiger charge is 2.14. The molecule has 2 rings (SSSR count). The Balaban J connectivity index is 1.93. The normalized spacial score (nSPS) is 11.3. The van der Waals surface area contributed by atoms with Crippen LogP contribution in [0.5, 0.6) is 0 Å². The summed E-state index contributed by atoms with van der Waals surface area (Å²) >= 11 is 4.91. The van der Waals surface area contributed by atoms with Gasteiger partial charge in [0.25, 0.3) is 0 Å². The van der Waals surface area contributed by atoms with E-state index in [-0.39, 0.29) is 5.78 Å². The number of rotatable bonds is 7. The molecule has 0 radical (unpaired) electrons. The van der Waals surface area contributed by atoms with Crippen molar-refractivity contribution in [2.24, 2.45) is 0 Å². The average molecular weight is 366 g/mol. The fourth-order valence-electron chi connectivity index (χ4n) is 2.17. The molecule has 0 aliphatic rings. The fraction of sp³-hybridized carbons (Fsp3) is 0.353. The van der Waals surface area contributed by atoms with Crippen LogP contribution in [0.3, 0.4) is 0 Å². The largest absolute Gasteiger partial charge is 0.296 e. The lowest BCUT2D eigenvalue weighted by Gasteiger charge is -2.26. The van der Waals surface area contributed by atoms with Crippen LogP contribution in [0.4, 0.5) is 0 Å². The number of carbonyl (C=O) groups is 1. The molecular weight excluding hydrogens is 346 g/mol. The number of hydrogen-bond donors (Lipinski definition) is 0. The summed E-state index contributed by atoms with van der Waals surface area (Å²) in [5.41, 5.74) is 1.29. The first-order valence-electron chi connectivity index (χ1n) is 7.13. The molecule has 1 aromatic heterocycles. The lowest BCUT2D eigenvalue weighted by atomic mass is 10.1. The minimum absolute atomic E-state index is 0.226. The maximum atomic E-state index is 12.2. The molecule has 2 nitrogen and oxygen atoms in total. The maximum Gasteiger partial charge on any atom is 0.174 e. The van der Waals surface area contributed by atoms with E-state index in [4.69, 9.17) is 0 Å². The van der Waals surface area contributed by atoms with Crippen LogP contribution in [0.25, 0.3) is 0 Å². The lowest BCUT2D eigenvalue weighted by Crippen LogP contribution is -2.32. The van der Waals surface area contributed by atoms with E-state index in [2.05, 4.69) is 58.9 Å². The van der Waals surface area contributed by atoms with Crippen molar-refractivity contribution in [3.63, 3.8) is 0 Å². The van der Waals surface area contributed by atoms with E-state index < -0.39 is 0 Å². The third-order valence-electron chi connectivity index (χ3n) is 3.43. The van der Waals surface area contributed by atoms with Crippen molar-refractivity contribution in [1.29, 1.82) is 0 Å².